The van der Waals surface area contributed by atoms with Gasteiger partial charge in [-0.25, -0.2) is 9.38 Å². The first kappa shape index (κ1) is 23.2. The third-order valence-electron chi connectivity index (χ3n) is 6.36. The number of hydrogen-bond donors (Lipinski definition) is 1. The van der Waals surface area contributed by atoms with E-state index >= 15 is 0 Å². The van der Waals surface area contributed by atoms with Crippen LogP contribution in [0.25, 0.3) is 0 Å². The number of benzene rings is 4. The monoisotopic (exact) mass is 477 g/mol. The molecule has 5 nitrogen and oxygen atoms in total. The minimum Gasteiger partial charge on any atom is -0.369 e. The number of guanidine groups is 1. The maximum Gasteiger partial charge on any atom is 0.266 e. The summed E-state index contributed by atoms with van der Waals surface area (Å²) in [6, 6.07) is 31.8. The summed E-state index contributed by atoms with van der Waals surface area (Å²) in [5.74, 6) is -0.589. The van der Waals surface area contributed by atoms with Crippen molar-refractivity contribution in [1.82, 2.24) is 4.90 Å². The largest absolute Gasteiger partial charge is 0.369 e. The van der Waals surface area contributed by atoms with Crippen LogP contribution in [0.15, 0.2) is 114 Å². The molecule has 0 unspecified atom stereocenters. The van der Waals surface area contributed by atoms with Gasteiger partial charge in [0.1, 0.15) is 5.82 Å². The molecule has 0 saturated carbocycles. The number of nitrogens with two attached hydrogens (primary N) is 1. The van der Waals surface area contributed by atoms with E-state index in [-0.39, 0.29) is 36.4 Å². The molecule has 0 radical (unpaired) electrons. The van der Waals surface area contributed by atoms with Crippen molar-refractivity contribution >= 4 is 17.6 Å². The molecule has 178 valence electrons. The smallest absolute Gasteiger partial charge is 0.266 e. The topological polar surface area (TPSA) is 75.8 Å². The molecule has 0 fully saturated rings. The summed E-state index contributed by atoms with van der Waals surface area (Å²) in [6.45, 7) is 0.216. The second-order valence-electron chi connectivity index (χ2n) is 8.73. The van der Waals surface area contributed by atoms with Gasteiger partial charge in [0.25, 0.3) is 5.91 Å². The first-order chi connectivity index (χ1) is 17.5. The van der Waals surface area contributed by atoms with E-state index in [9.17, 15) is 14.0 Å². The minimum absolute atomic E-state index is 0.113. The second kappa shape index (κ2) is 9.58. The molecule has 0 atom stereocenters. The first-order valence-electron chi connectivity index (χ1n) is 11.6. The standard InChI is InChI=1S/C30H24FN3O2/c31-26-16-14-23(15-17-26)27(35)19-21-8-7-9-22(18-21)20-34-28(36)30(33-29(34)32,24-10-3-1-4-11-24)25-12-5-2-6-13-25/h1-18H,19-20H2,(H2,32,33). The zero-order chi connectivity index (χ0) is 25.1. The van der Waals surface area contributed by atoms with E-state index in [1.807, 2.05) is 84.9 Å². The average molecular weight is 478 g/mol. The molecule has 6 heteroatoms. The van der Waals surface area contributed by atoms with E-state index in [4.69, 9.17) is 10.7 Å². The third kappa shape index (κ3) is 4.29. The van der Waals surface area contributed by atoms with Crippen LogP contribution in [0.3, 0.4) is 0 Å². The van der Waals surface area contributed by atoms with Crippen molar-refractivity contribution in [2.45, 2.75) is 18.5 Å². The lowest BCUT2D eigenvalue weighted by Crippen LogP contribution is -2.43. The molecule has 4 aromatic rings. The van der Waals surface area contributed by atoms with E-state index in [1.54, 1.807) is 0 Å². The van der Waals surface area contributed by atoms with Gasteiger partial charge in [0.05, 0.1) is 6.54 Å². The summed E-state index contributed by atoms with van der Waals surface area (Å²) < 4.78 is 13.2. The average Bonchev–Trinajstić information content (AvgIpc) is 3.16. The van der Waals surface area contributed by atoms with Gasteiger partial charge in [0, 0.05) is 12.0 Å². The summed E-state index contributed by atoms with van der Waals surface area (Å²) in [7, 11) is 0. The molecule has 5 rings (SSSR count). The number of hydrogen-bond acceptors (Lipinski definition) is 4. The Labute approximate surface area is 208 Å². The highest BCUT2D eigenvalue weighted by Gasteiger charge is 2.50. The Kier molecular flexibility index (Phi) is 6.17. The predicted molar refractivity (Wildman–Crippen MR) is 137 cm³/mol. The first-order valence-corrected chi connectivity index (χ1v) is 11.6. The van der Waals surface area contributed by atoms with Crippen molar-refractivity contribution in [3.63, 3.8) is 0 Å². The number of Topliss-reactive ketones (excluding diaryl/α,β-unsaturated/α-hetero) is 1. The lowest BCUT2D eigenvalue weighted by molar-refractivity contribution is -0.130. The highest BCUT2D eigenvalue weighted by Crippen LogP contribution is 2.39. The van der Waals surface area contributed by atoms with Crippen molar-refractivity contribution in [3.05, 3.63) is 143 Å². The number of carbonyl (C=O) groups is 2. The summed E-state index contributed by atoms with van der Waals surface area (Å²) >= 11 is 0. The highest BCUT2D eigenvalue weighted by atomic mass is 19.1. The van der Waals surface area contributed by atoms with E-state index in [0.717, 1.165) is 22.3 Å². The van der Waals surface area contributed by atoms with Gasteiger partial charge in [-0.15, -0.1) is 0 Å². The molecular formula is C30H24FN3O2. The van der Waals surface area contributed by atoms with Crippen LogP contribution in [0, 0.1) is 5.82 Å². The quantitative estimate of drug-likeness (QED) is 0.387. The van der Waals surface area contributed by atoms with E-state index < -0.39 is 5.54 Å². The van der Waals surface area contributed by atoms with Gasteiger partial charge in [-0.2, -0.15) is 0 Å². The third-order valence-corrected chi connectivity index (χ3v) is 6.36. The van der Waals surface area contributed by atoms with Crippen LogP contribution in [-0.2, 0) is 23.3 Å². The molecule has 0 aliphatic carbocycles. The van der Waals surface area contributed by atoms with Crippen LogP contribution in [0.4, 0.5) is 4.39 Å². The summed E-state index contributed by atoms with van der Waals surface area (Å²) in [5.41, 5.74) is 8.63. The van der Waals surface area contributed by atoms with Crippen LogP contribution in [0.5, 0.6) is 0 Å². The number of ketones is 1. The molecule has 0 saturated heterocycles. The number of amides is 1. The fourth-order valence-corrected chi connectivity index (χ4v) is 4.58. The molecular weight excluding hydrogens is 453 g/mol. The van der Waals surface area contributed by atoms with Gasteiger partial charge >= 0.3 is 0 Å². The molecule has 4 aromatic carbocycles. The molecule has 0 bridgehead atoms. The Balaban J connectivity index is 1.42. The Morgan fingerprint density at radius 3 is 2.00 bits per heavy atom. The fraction of sp³-hybridized carbons (Fsp3) is 0.100. The normalized spacial score (nSPS) is 14.5. The van der Waals surface area contributed by atoms with Crippen LogP contribution < -0.4 is 5.73 Å². The maximum absolute atomic E-state index is 14.0. The Morgan fingerprint density at radius 2 is 1.39 bits per heavy atom. The van der Waals surface area contributed by atoms with Crippen molar-refractivity contribution in [1.29, 1.82) is 0 Å². The van der Waals surface area contributed by atoms with Crippen LogP contribution in [-0.4, -0.2) is 22.5 Å². The van der Waals surface area contributed by atoms with Gasteiger partial charge in [-0.3, -0.25) is 14.5 Å². The SMILES string of the molecule is NC1=NC(c2ccccc2)(c2ccccc2)C(=O)N1Cc1cccc(CC(=O)c2ccc(F)cc2)c1. The summed E-state index contributed by atoms with van der Waals surface area (Å²) in [4.78, 5) is 32.8. The fourth-order valence-electron chi connectivity index (χ4n) is 4.58. The minimum atomic E-state index is -1.26. The molecule has 1 heterocycles. The number of nitrogens with zero attached hydrogens (tertiary/aromatic N) is 2. The summed E-state index contributed by atoms with van der Waals surface area (Å²) in [6.07, 6.45) is 0.162. The predicted octanol–water partition coefficient (Wildman–Crippen LogP) is 4.85. The van der Waals surface area contributed by atoms with Crippen LogP contribution >= 0.6 is 0 Å². The van der Waals surface area contributed by atoms with Crippen molar-refractivity contribution in [3.8, 4) is 0 Å². The zero-order valence-corrected chi connectivity index (χ0v) is 19.5. The number of aliphatic imine (C=N–C) groups is 1. The summed E-state index contributed by atoms with van der Waals surface area (Å²) in [5, 5.41) is 0. The van der Waals surface area contributed by atoms with E-state index in [2.05, 4.69) is 0 Å². The molecule has 0 spiro atoms. The van der Waals surface area contributed by atoms with Gasteiger partial charge in [0.15, 0.2) is 17.3 Å². The molecule has 2 N–H and O–H groups in total. The Morgan fingerprint density at radius 1 is 0.806 bits per heavy atom. The molecule has 0 aromatic heterocycles. The van der Waals surface area contributed by atoms with E-state index in [1.165, 1.54) is 29.2 Å². The lowest BCUT2D eigenvalue weighted by Gasteiger charge is -2.27. The highest BCUT2D eigenvalue weighted by molar-refractivity contribution is 6.09. The van der Waals surface area contributed by atoms with E-state index in [0.29, 0.717) is 5.56 Å². The zero-order valence-electron chi connectivity index (χ0n) is 19.5. The number of halogens is 1. The van der Waals surface area contributed by atoms with Crippen molar-refractivity contribution in [2.75, 3.05) is 0 Å². The van der Waals surface area contributed by atoms with Gasteiger partial charge in [-0.05, 0) is 46.5 Å². The van der Waals surface area contributed by atoms with Gasteiger partial charge < -0.3 is 5.73 Å². The van der Waals surface area contributed by atoms with Crippen LogP contribution in [0.2, 0.25) is 0 Å². The van der Waals surface area contributed by atoms with Gasteiger partial charge in [-0.1, -0.05) is 84.9 Å². The molecule has 1 amide bonds. The van der Waals surface area contributed by atoms with Crippen molar-refractivity contribution < 1.29 is 14.0 Å². The molecule has 1 aliphatic heterocycles. The number of carbonyl (C=O) groups excluding carboxylic acids is 2. The maximum atomic E-state index is 14.0. The Bertz CT molecular complexity index is 1390. The van der Waals surface area contributed by atoms with Crippen molar-refractivity contribution in [2.24, 2.45) is 10.7 Å². The second-order valence-corrected chi connectivity index (χ2v) is 8.73. The molecule has 36 heavy (non-hydrogen) atoms. The Hall–Kier alpha value is -4.58. The lowest BCUT2D eigenvalue weighted by atomic mass is 9.83. The molecule has 1 aliphatic rings. The van der Waals surface area contributed by atoms with Crippen LogP contribution in [0.1, 0.15) is 32.6 Å². The number of rotatable bonds is 7. The van der Waals surface area contributed by atoms with Gasteiger partial charge in [0.2, 0.25) is 0 Å².